The highest BCUT2D eigenvalue weighted by molar-refractivity contribution is 5.81. The highest BCUT2D eigenvalue weighted by atomic mass is 19.1. The Labute approximate surface area is 111 Å². The first-order chi connectivity index (χ1) is 9.08. The summed E-state index contributed by atoms with van der Waals surface area (Å²) in [5.41, 5.74) is 0. The fourth-order valence-corrected chi connectivity index (χ4v) is 2.19. The topological polar surface area (TPSA) is 49.8 Å². The van der Waals surface area contributed by atoms with Crippen LogP contribution in [0.25, 0.3) is 0 Å². The first-order valence-electron chi connectivity index (χ1n) is 6.46. The molecule has 0 saturated carbocycles. The summed E-state index contributed by atoms with van der Waals surface area (Å²) >= 11 is 0. The van der Waals surface area contributed by atoms with Gasteiger partial charge < -0.3 is 14.7 Å². The molecule has 1 saturated heterocycles. The Morgan fingerprint density at radius 2 is 2.26 bits per heavy atom. The number of rotatable bonds is 3. The van der Waals surface area contributed by atoms with Crippen molar-refractivity contribution < 1.29 is 19.0 Å². The van der Waals surface area contributed by atoms with E-state index in [2.05, 4.69) is 0 Å². The number of benzene rings is 1. The molecule has 1 N–H and O–H groups in total. The fourth-order valence-electron chi connectivity index (χ4n) is 2.19. The Hall–Kier alpha value is -1.62. The summed E-state index contributed by atoms with van der Waals surface area (Å²) in [6.07, 6.45) is 0.256. The quantitative estimate of drug-likeness (QED) is 0.904. The van der Waals surface area contributed by atoms with Crippen LogP contribution in [-0.4, -0.2) is 41.2 Å². The zero-order chi connectivity index (χ0) is 13.8. The number of likely N-dealkylation sites (tertiary alicyclic amines) is 1. The third-order valence-electron chi connectivity index (χ3n) is 3.20. The molecule has 1 fully saturated rings. The molecule has 0 aliphatic carbocycles. The molecule has 19 heavy (non-hydrogen) atoms. The average molecular weight is 267 g/mol. The van der Waals surface area contributed by atoms with E-state index in [-0.39, 0.29) is 11.7 Å². The van der Waals surface area contributed by atoms with Crippen LogP contribution in [0.3, 0.4) is 0 Å². The number of piperidine rings is 1. The van der Waals surface area contributed by atoms with Crippen LogP contribution >= 0.6 is 0 Å². The lowest BCUT2D eigenvalue weighted by atomic mass is 10.1. The Morgan fingerprint density at radius 1 is 1.53 bits per heavy atom. The normalized spacial score (nSPS) is 21.0. The molecule has 4 nitrogen and oxygen atoms in total. The predicted octanol–water partition coefficient (Wildman–Crippen LogP) is 1.58. The molecule has 1 aromatic carbocycles. The molecule has 5 heteroatoms. The summed E-state index contributed by atoms with van der Waals surface area (Å²) in [7, 11) is 0. The Kier molecular flexibility index (Phi) is 4.37. The Balaban J connectivity index is 1.97. The monoisotopic (exact) mass is 267 g/mol. The lowest BCUT2D eigenvalue weighted by Gasteiger charge is -2.32. The molecule has 1 amide bonds. The van der Waals surface area contributed by atoms with E-state index in [1.54, 1.807) is 24.0 Å². The number of aliphatic hydroxyl groups excluding tert-OH is 1. The number of amides is 1. The van der Waals surface area contributed by atoms with Gasteiger partial charge >= 0.3 is 0 Å². The van der Waals surface area contributed by atoms with Gasteiger partial charge in [-0.3, -0.25) is 4.79 Å². The average Bonchev–Trinajstić information content (AvgIpc) is 2.40. The molecule has 0 unspecified atom stereocenters. The Morgan fingerprint density at radius 3 is 2.95 bits per heavy atom. The smallest absolute Gasteiger partial charge is 0.263 e. The van der Waals surface area contributed by atoms with E-state index >= 15 is 0 Å². The molecule has 0 aromatic heterocycles. The van der Waals surface area contributed by atoms with Gasteiger partial charge in [0.1, 0.15) is 0 Å². The van der Waals surface area contributed by atoms with Crippen LogP contribution in [0.2, 0.25) is 0 Å². The van der Waals surface area contributed by atoms with E-state index in [4.69, 9.17) is 4.74 Å². The third kappa shape index (κ3) is 3.44. The number of nitrogens with zero attached hydrogens (tertiary/aromatic N) is 1. The molecular formula is C14H18FNO3. The number of carbonyl (C=O) groups is 1. The molecule has 0 radical (unpaired) electrons. The van der Waals surface area contributed by atoms with Crippen molar-refractivity contribution in [3.05, 3.63) is 30.1 Å². The van der Waals surface area contributed by atoms with Crippen molar-refractivity contribution in [3.8, 4) is 5.75 Å². The van der Waals surface area contributed by atoms with Crippen molar-refractivity contribution >= 4 is 5.91 Å². The Bertz CT molecular complexity index is 452. The molecule has 0 bridgehead atoms. The second kappa shape index (κ2) is 6.02. The zero-order valence-electron chi connectivity index (χ0n) is 10.9. The van der Waals surface area contributed by atoms with E-state index in [1.165, 1.54) is 12.1 Å². The summed E-state index contributed by atoms with van der Waals surface area (Å²) in [6, 6.07) is 6.00. The first kappa shape index (κ1) is 13.8. The minimum Gasteiger partial charge on any atom is -0.478 e. The molecule has 1 aliphatic heterocycles. The van der Waals surface area contributed by atoms with Crippen molar-refractivity contribution in [1.82, 2.24) is 4.90 Å². The second-order valence-electron chi connectivity index (χ2n) is 4.77. The molecule has 0 spiro atoms. The van der Waals surface area contributed by atoms with E-state index < -0.39 is 18.0 Å². The summed E-state index contributed by atoms with van der Waals surface area (Å²) in [6.45, 7) is 2.53. The van der Waals surface area contributed by atoms with Gasteiger partial charge in [0.25, 0.3) is 5.91 Å². The lowest BCUT2D eigenvalue weighted by Crippen LogP contribution is -2.47. The van der Waals surface area contributed by atoms with E-state index in [0.29, 0.717) is 19.5 Å². The van der Waals surface area contributed by atoms with Crippen molar-refractivity contribution in [2.24, 2.45) is 0 Å². The van der Waals surface area contributed by atoms with Crippen molar-refractivity contribution in [1.29, 1.82) is 0 Å². The number of aliphatic hydroxyl groups is 1. The minimum atomic E-state index is -0.762. The van der Waals surface area contributed by atoms with Gasteiger partial charge in [-0.15, -0.1) is 0 Å². The molecular weight excluding hydrogens is 249 g/mol. The van der Waals surface area contributed by atoms with E-state index in [9.17, 15) is 14.3 Å². The van der Waals surface area contributed by atoms with Crippen molar-refractivity contribution in [2.75, 3.05) is 13.1 Å². The molecule has 1 aliphatic rings. The van der Waals surface area contributed by atoms with Crippen molar-refractivity contribution in [3.63, 3.8) is 0 Å². The maximum atomic E-state index is 13.4. The van der Waals surface area contributed by atoms with Gasteiger partial charge in [-0.25, -0.2) is 4.39 Å². The van der Waals surface area contributed by atoms with Gasteiger partial charge in [0, 0.05) is 13.1 Å². The van der Waals surface area contributed by atoms with Gasteiger partial charge in [-0.05, 0) is 31.9 Å². The van der Waals surface area contributed by atoms with Crippen LogP contribution in [0.1, 0.15) is 19.8 Å². The number of ether oxygens (including phenoxy) is 1. The molecule has 2 atom stereocenters. The zero-order valence-corrected chi connectivity index (χ0v) is 10.9. The first-order valence-corrected chi connectivity index (χ1v) is 6.46. The van der Waals surface area contributed by atoms with Crippen molar-refractivity contribution in [2.45, 2.75) is 32.0 Å². The largest absolute Gasteiger partial charge is 0.478 e. The highest BCUT2D eigenvalue weighted by Gasteiger charge is 2.27. The lowest BCUT2D eigenvalue weighted by molar-refractivity contribution is -0.141. The van der Waals surface area contributed by atoms with E-state index in [1.807, 2.05) is 0 Å². The summed E-state index contributed by atoms with van der Waals surface area (Å²) in [5, 5.41) is 9.55. The number of para-hydroxylation sites is 1. The molecule has 104 valence electrons. The third-order valence-corrected chi connectivity index (χ3v) is 3.20. The van der Waals surface area contributed by atoms with Crippen LogP contribution in [0.4, 0.5) is 4.39 Å². The predicted molar refractivity (Wildman–Crippen MR) is 68.3 cm³/mol. The standard InChI is InChI=1S/C14H18FNO3/c1-10(19-13-7-3-2-6-12(13)15)14(18)16-8-4-5-11(17)9-16/h2-3,6-7,10-11,17H,4-5,8-9H2,1H3/t10-,11-/m1/s1. The molecule has 2 rings (SSSR count). The van der Waals surface area contributed by atoms with Gasteiger partial charge in [-0.1, -0.05) is 12.1 Å². The number of β-amino-alcohol motifs (C(OH)–C–C–N with tert-alkyl or cyclic N) is 1. The van der Waals surface area contributed by atoms with E-state index in [0.717, 1.165) is 6.42 Å². The van der Waals surface area contributed by atoms with Gasteiger partial charge in [0.15, 0.2) is 17.7 Å². The van der Waals surface area contributed by atoms with Crippen LogP contribution in [0, 0.1) is 5.82 Å². The number of halogens is 1. The number of hydrogen-bond donors (Lipinski definition) is 1. The maximum absolute atomic E-state index is 13.4. The minimum absolute atomic E-state index is 0.0703. The van der Waals surface area contributed by atoms with Crippen LogP contribution in [0.5, 0.6) is 5.75 Å². The van der Waals surface area contributed by atoms with Gasteiger partial charge in [0.05, 0.1) is 6.10 Å². The second-order valence-corrected chi connectivity index (χ2v) is 4.77. The summed E-state index contributed by atoms with van der Waals surface area (Å²) in [5.74, 6) is -0.635. The number of hydrogen-bond acceptors (Lipinski definition) is 3. The van der Waals surface area contributed by atoms with Crippen LogP contribution in [-0.2, 0) is 4.79 Å². The SMILES string of the molecule is C[C@@H](Oc1ccccc1F)C(=O)N1CCC[C@@H](O)C1. The molecule has 1 heterocycles. The number of carbonyl (C=O) groups excluding carboxylic acids is 1. The van der Waals surface area contributed by atoms with Crippen LogP contribution in [0.15, 0.2) is 24.3 Å². The highest BCUT2D eigenvalue weighted by Crippen LogP contribution is 2.18. The summed E-state index contributed by atoms with van der Waals surface area (Å²) < 4.78 is 18.8. The fraction of sp³-hybridized carbons (Fsp3) is 0.500. The van der Waals surface area contributed by atoms with Gasteiger partial charge in [-0.2, -0.15) is 0 Å². The molecule has 1 aromatic rings. The maximum Gasteiger partial charge on any atom is 0.263 e. The summed E-state index contributed by atoms with van der Waals surface area (Å²) in [4.78, 5) is 13.7. The van der Waals surface area contributed by atoms with Crippen LogP contribution < -0.4 is 4.74 Å². The van der Waals surface area contributed by atoms with Gasteiger partial charge in [0.2, 0.25) is 0 Å².